The Morgan fingerprint density at radius 2 is 1.66 bits per heavy atom. The minimum absolute atomic E-state index is 0.0551. The lowest BCUT2D eigenvalue weighted by molar-refractivity contribution is 0.0454. The highest BCUT2D eigenvalue weighted by Gasteiger charge is 2.31. The summed E-state index contributed by atoms with van der Waals surface area (Å²) in [6.07, 6.45) is 2.78. The molecule has 2 rings (SSSR count). The lowest BCUT2D eigenvalue weighted by Gasteiger charge is -2.32. The van der Waals surface area contributed by atoms with E-state index in [0.29, 0.717) is 30.8 Å². The van der Waals surface area contributed by atoms with Crippen molar-refractivity contribution in [3.8, 4) is 0 Å². The van der Waals surface area contributed by atoms with E-state index in [4.69, 9.17) is 9.15 Å². The predicted octanol–water partition coefficient (Wildman–Crippen LogP) is 5.66. The van der Waals surface area contributed by atoms with Crippen LogP contribution in [0.5, 0.6) is 0 Å². The lowest BCUT2D eigenvalue weighted by atomic mass is 9.92. The van der Waals surface area contributed by atoms with Crippen molar-refractivity contribution in [1.82, 2.24) is 5.32 Å². The third-order valence-electron chi connectivity index (χ3n) is 5.58. The number of rotatable bonds is 13. The van der Waals surface area contributed by atoms with Gasteiger partial charge in [-0.25, -0.2) is 4.79 Å². The molecule has 1 aromatic carbocycles. The number of ether oxygens (including phenoxy) is 1. The maximum Gasteiger partial charge on any atom is 0.408 e. The standard InChI is InChI=1S/C26H38NO7P/c1-25(2,3)34-24(29)27-26(4,18-19-35(30,31)32)17-16-21-14-15-23(33-21)22(28)13-9-8-12-20-10-6-5-7-11-20/h5-7,10-11,14-15H,8-9,12-13,16-19H2,1-4H3,(H,27,29)(H2,30,31,32)/t26-/m1/s1. The highest BCUT2D eigenvalue weighted by atomic mass is 31.2. The Morgan fingerprint density at radius 3 is 2.29 bits per heavy atom. The van der Waals surface area contributed by atoms with Gasteiger partial charge in [0, 0.05) is 18.4 Å². The Morgan fingerprint density at radius 1 is 0.971 bits per heavy atom. The summed E-state index contributed by atoms with van der Waals surface area (Å²) in [7, 11) is -4.24. The van der Waals surface area contributed by atoms with E-state index in [0.717, 1.165) is 19.3 Å². The first-order chi connectivity index (χ1) is 16.2. The Kier molecular flexibility index (Phi) is 10.3. The van der Waals surface area contributed by atoms with Crippen molar-refractivity contribution in [3.63, 3.8) is 0 Å². The molecule has 0 saturated carbocycles. The van der Waals surface area contributed by atoms with Crippen LogP contribution in [0.4, 0.5) is 4.79 Å². The number of Topliss-reactive ketones (excluding diaryl/α,β-unsaturated/α-hetero) is 1. The third kappa shape index (κ3) is 11.7. The molecule has 0 aliphatic rings. The lowest BCUT2D eigenvalue weighted by Crippen LogP contribution is -2.48. The summed E-state index contributed by atoms with van der Waals surface area (Å²) in [4.78, 5) is 43.5. The number of furan rings is 1. The predicted molar refractivity (Wildman–Crippen MR) is 135 cm³/mol. The number of hydrogen-bond acceptors (Lipinski definition) is 5. The number of ketones is 1. The van der Waals surface area contributed by atoms with Gasteiger partial charge < -0.3 is 24.3 Å². The SMILES string of the molecule is CC(C)(C)OC(=O)N[C@](C)(CCc1ccc(C(=O)CCCCc2ccccc2)o1)CCP(=O)(O)O. The summed E-state index contributed by atoms with van der Waals surface area (Å²) in [5.74, 6) is 0.822. The quantitative estimate of drug-likeness (QED) is 0.181. The van der Waals surface area contributed by atoms with Crippen LogP contribution in [0.1, 0.15) is 81.7 Å². The molecule has 0 saturated heterocycles. The van der Waals surface area contributed by atoms with Gasteiger partial charge in [0.05, 0.1) is 6.16 Å². The summed E-state index contributed by atoms with van der Waals surface area (Å²) in [5, 5.41) is 2.76. The van der Waals surface area contributed by atoms with Crippen LogP contribution in [-0.2, 0) is 22.1 Å². The minimum Gasteiger partial charge on any atom is -0.458 e. The van der Waals surface area contributed by atoms with Gasteiger partial charge in [0.25, 0.3) is 0 Å². The van der Waals surface area contributed by atoms with Crippen molar-refractivity contribution >= 4 is 19.5 Å². The van der Waals surface area contributed by atoms with Crippen LogP contribution in [0, 0.1) is 0 Å². The fourth-order valence-electron chi connectivity index (χ4n) is 3.64. The van der Waals surface area contributed by atoms with Gasteiger partial charge in [-0.3, -0.25) is 9.36 Å². The molecular formula is C26H38NO7P. The van der Waals surface area contributed by atoms with Gasteiger partial charge in [0.1, 0.15) is 11.4 Å². The Balaban J connectivity index is 1.90. The molecule has 1 amide bonds. The zero-order valence-corrected chi connectivity index (χ0v) is 22.0. The molecular weight excluding hydrogens is 469 g/mol. The van der Waals surface area contributed by atoms with E-state index in [1.165, 1.54) is 5.56 Å². The first-order valence-corrected chi connectivity index (χ1v) is 13.8. The van der Waals surface area contributed by atoms with E-state index in [-0.39, 0.29) is 18.4 Å². The van der Waals surface area contributed by atoms with Crippen molar-refractivity contribution in [2.24, 2.45) is 0 Å². The van der Waals surface area contributed by atoms with Gasteiger partial charge >= 0.3 is 13.7 Å². The van der Waals surface area contributed by atoms with Crippen LogP contribution >= 0.6 is 7.60 Å². The van der Waals surface area contributed by atoms with Crippen LogP contribution in [0.25, 0.3) is 0 Å². The molecule has 2 aromatic rings. The van der Waals surface area contributed by atoms with Gasteiger partial charge in [0.15, 0.2) is 11.5 Å². The number of nitrogens with one attached hydrogen (secondary N) is 1. The number of benzene rings is 1. The Labute approximate surface area is 207 Å². The third-order valence-corrected chi connectivity index (χ3v) is 6.39. The minimum atomic E-state index is -4.24. The number of carbonyl (C=O) groups excluding carboxylic acids is 2. The largest absolute Gasteiger partial charge is 0.458 e. The van der Waals surface area contributed by atoms with Crippen LogP contribution in [0.15, 0.2) is 46.9 Å². The molecule has 9 heteroatoms. The summed E-state index contributed by atoms with van der Waals surface area (Å²) in [5.41, 5.74) is -0.384. The molecule has 0 fully saturated rings. The van der Waals surface area contributed by atoms with Crippen LogP contribution in [-0.4, -0.2) is 39.0 Å². The molecule has 1 heterocycles. The fourth-order valence-corrected chi connectivity index (χ4v) is 4.42. The molecule has 0 aliphatic carbocycles. The van der Waals surface area contributed by atoms with E-state index in [1.807, 2.05) is 18.2 Å². The van der Waals surface area contributed by atoms with Gasteiger partial charge in [0.2, 0.25) is 0 Å². The first-order valence-electron chi connectivity index (χ1n) is 12.0. The zero-order valence-electron chi connectivity index (χ0n) is 21.1. The summed E-state index contributed by atoms with van der Waals surface area (Å²) in [6.45, 7) is 6.93. The number of unbranched alkanes of at least 4 members (excludes halogenated alkanes) is 1. The van der Waals surface area contributed by atoms with Crippen LogP contribution < -0.4 is 5.32 Å². The maximum atomic E-state index is 12.5. The van der Waals surface area contributed by atoms with Gasteiger partial charge in [-0.15, -0.1) is 0 Å². The number of alkyl carbamates (subject to hydrolysis) is 1. The molecule has 0 radical (unpaired) electrons. The molecule has 35 heavy (non-hydrogen) atoms. The van der Waals surface area contributed by atoms with E-state index in [2.05, 4.69) is 17.4 Å². The maximum absolute atomic E-state index is 12.5. The van der Waals surface area contributed by atoms with Crippen molar-refractivity contribution in [1.29, 1.82) is 0 Å². The summed E-state index contributed by atoms with van der Waals surface area (Å²) in [6, 6.07) is 13.5. The number of carbonyl (C=O) groups is 2. The van der Waals surface area contributed by atoms with Gasteiger partial charge in [-0.2, -0.15) is 0 Å². The molecule has 8 nitrogen and oxygen atoms in total. The van der Waals surface area contributed by atoms with Crippen molar-refractivity contribution in [3.05, 3.63) is 59.5 Å². The van der Waals surface area contributed by atoms with Gasteiger partial charge in [-0.05, 0) is 77.5 Å². The van der Waals surface area contributed by atoms with Gasteiger partial charge in [-0.1, -0.05) is 30.3 Å². The number of amides is 1. The van der Waals surface area contributed by atoms with Crippen LogP contribution in [0.2, 0.25) is 0 Å². The highest BCUT2D eigenvalue weighted by molar-refractivity contribution is 7.51. The molecule has 1 atom stereocenters. The van der Waals surface area contributed by atoms with Crippen molar-refractivity contribution < 1.29 is 33.1 Å². The second-order valence-electron chi connectivity index (χ2n) is 10.2. The second-order valence-corrected chi connectivity index (χ2v) is 12.0. The molecule has 194 valence electrons. The topological polar surface area (TPSA) is 126 Å². The van der Waals surface area contributed by atoms with Crippen molar-refractivity contribution in [2.45, 2.75) is 83.8 Å². The second kappa shape index (κ2) is 12.5. The zero-order chi connectivity index (χ0) is 26.1. The molecule has 0 spiro atoms. The number of aryl methyl sites for hydroxylation is 2. The highest BCUT2D eigenvalue weighted by Crippen LogP contribution is 2.37. The first kappa shape index (κ1) is 28.8. The van der Waals surface area contributed by atoms with E-state index < -0.39 is 24.8 Å². The van der Waals surface area contributed by atoms with E-state index >= 15 is 0 Å². The monoisotopic (exact) mass is 507 g/mol. The molecule has 1 aromatic heterocycles. The number of hydrogen-bond donors (Lipinski definition) is 3. The Bertz CT molecular complexity index is 1010. The molecule has 0 aliphatic heterocycles. The average Bonchev–Trinajstić information content (AvgIpc) is 3.22. The smallest absolute Gasteiger partial charge is 0.408 e. The Hall–Kier alpha value is -2.41. The fraction of sp³-hybridized carbons (Fsp3) is 0.538. The van der Waals surface area contributed by atoms with E-state index in [1.54, 1.807) is 39.8 Å². The summed E-state index contributed by atoms with van der Waals surface area (Å²) < 4.78 is 22.5. The molecule has 0 unspecified atom stereocenters. The van der Waals surface area contributed by atoms with E-state index in [9.17, 15) is 23.9 Å². The normalized spacial score (nSPS) is 13.8. The molecule has 3 N–H and O–H groups in total. The summed E-state index contributed by atoms with van der Waals surface area (Å²) >= 11 is 0. The molecule has 0 bridgehead atoms. The average molecular weight is 508 g/mol. The van der Waals surface area contributed by atoms with Crippen molar-refractivity contribution in [2.75, 3.05) is 6.16 Å². The van der Waals surface area contributed by atoms with Crippen LogP contribution in [0.3, 0.4) is 0 Å².